The highest BCUT2D eigenvalue weighted by atomic mass is 16.6. The first-order chi connectivity index (χ1) is 9.17. The first kappa shape index (κ1) is 18.1. The summed E-state index contributed by atoms with van der Waals surface area (Å²) >= 11 is 0. The van der Waals surface area contributed by atoms with E-state index in [0.717, 1.165) is 0 Å². The molecular weight excluding hydrogens is 262 g/mol. The number of allylic oxidation sites excluding steroid dienone is 1. The first-order valence-electron chi connectivity index (χ1n) is 6.39. The topological polar surface area (TPSA) is 81.7 Å². The van der Waals surface area contributed by atoms with Gasteiger partial charge < -0.3 is 14.8 Å². The number of alkyl carbamates (subject to hydrolysis) is 1. The van der Waals surface area contributed by atoms with Gasteiger partial charge in [-0.15, -0.1) is 0 Å². The number of carbonyl (C=O) groups is 3. The smallest absolute Gasteiger partial charge is 0.407 e. The SMILES string of the molecule is C=CC(=O)C[C@H](CCC(=O)OC)NC(=O)OC(C)(C)C. The zero-order valence-corrected chi connectivity index (χ0v) is 12.5. The Bertz CT molecular complexity index is 370. The minimum atomic E-state index is -0.626. The Kier molecular flexibility index (Phi) is 7.57. The Morgan fingerprint density at radius 1 is 1.30 bits per heavy atom. The van der Waals surface area contributed by atoms with Gasteiger partial charge in [0, 0.05) is 18.9 Å². The van der Waals surface area contributed by atoms with E-state index in [4.69, 9.17) is 4.74 Å². The summed E-state index contributed by atoms with van der Waals surface area (Å²) in [6.45, 7) is 8.60. The van der Waals surface area contributed by atoms with Crippen molar-refractivity contribution < 1.29 is 23.9 Å². The number of ketones is 1. The summed E-state index contributed by atoms with van der Waals surface area (Å²) in [5.74, 6) is -0.608. The van der Waals surface area contributed by atoms with Crippen LogP contribution in [0.4, 0.5) is 4.79 Å². The Hall–Kier alpha value is -1.85. The zero-order chi connectivity index (χ0) is 15.8. The molecule has 6 nitrogen and oxygen atoms in total. The molecule has 0 radical (unpaired) electrons. The van der Waals surface area contributed by atoms with Gasteiger partial charge in [0.1, 0.15) is 5.60 Å². The predicted molar refractivity (Wildman–Crippen MR) is 74.2 cm³/mol. The summed E-state index contributed by atoms with van der Waals surface area (Å²) in [6, 6.07) is -0.491. The van der Waals surface area contributed by atoms with E-state index in [-0.39, 0.29) is 18.6 Å². The van der Waals surface area contributed by atoms with Crippen molar-refractivity contribution in [3.63, 3.8) is 0 Å². The summed E-state index contributed by atoms with van der Waals surface area (Å²) in [5, 5.41) is 2.58. The number of rotatable bonds is 7. The largest absolute Gasteiger partial charge is 0.469 e. The minimum Gasteiger partial charge on any atom is -0.469 e. The van der Waals surface area contributed by atoms with Gasteiger partial charge in [-0.2, -0.15) is 0 Å². The van der Waals surface area contributed by atoms with Crippen molar-refractivity contribution >= 4 is 17.8 Å². The van der Waals surface area contributed by atoms with Crippen LogP contribution in [0.2, 0.25) is 0 Å². The van der Waals surface area contributed by atoms with Crippen LogP contribution in [0.1, 0.15) is 40.0 Å². The van der Waals surface area contributed by atoms with E-state index in [1.165, 1.54) is 13.2 Å². The lowest BCUT2D eigenvalue weighted by atomic mass is 10.1. The van der Waals surface area contributed by atoms with Gasteiger partial charge in [-0.25, -0.2) is 4.79 Å². The predicted octanol–water partition coefficient (Wildman–Crippen LogP) is 1.98. The van der Waals surface area contributed by atoms with Gasteiger partial charge in [-0.1, -0.05) is 6.58 Å². The van der Waals surface area contributed by atoms with E-state index in [1.807, 2.05) is 0 Å². The van der Waals surface area contributed by atoms with Crippen molar-refractivity contribution in [1.29, 1.82) is 0 Å². The third kappa shape index (κ3) is 9.13. The van der Waals surface area contributed by atoms with Crippen molar-refractivity contribution in [1.82, 2.24) is 5.32 Å². The van der Waals surface area contributed by atoms with Gasteiger partial charge in [0.05, 0.1) is 7.11 Å². The molecule has 0 bridgehead atoms. The number of methoxy groups -OCH3 is 1. The van der Waals surface area contributed by atoms with Crippen molar-refractivity contribution in [2.45, 2.75) is 51.7 Å². The number of ether oxygens (including phenoxy) is 2. The average Bonchev–Trinajstić information content (AvgIpc) is 2.32. The van der Waals surface area contributed by atoms with Gasteiger partial charge >= 0.3 is 12.1 Å². The molecule has 0 saturated carbocycles. The quantitative estimate of drug-likeness (QED) is 0.571. The molecule has 1 atom stereocenters. The molecule has 0 fully saturated rings. The molecule has 0 aliphatic heterocycles. The van der Waals surface area contributed by atoms with Crippen LogP contribution in [-0.4, -0.2) is 36.6 Å². The second-order valence-electron chi connectivity index (χ2n) is 5.33. The summed E-state index contributed by atoms with van der Waals surface area (Å²) in [4.78, 5) is 34.2. The molecular formula is C14H23NO5. The molecule has 0 aliphatic carbocycles. The normalized spacial score (nSPS) is 12.2. The van der Waals surface area contributed by atoms with E-state index in [1.54, 1.807) is 20.8 Å². The van der Waals surface area contributed by atoms with Crippen LogP contribution in [0.5, 0.6) is 0 Å². The van der Waals surface area contributed by atoms with Gasteiger partial charge in [0.15, 0.2) is 5.78 Å². The third-order valence-electron chi connectivity index (χ3n) is 2.32. The number of hydrogen-bond acceptors (Lipinski definition) is 5. The number of amides is 1. The summed E-state index contributed by atoms with van der Waals surface area (Å²) in [7, 11) is 1.29. The van der Waals surface area contributed by atoms with Crippen molar-refractivity contribution in [3.05, 3.63) is 12.7 Å². The van der Waals surface area contributed by atoms with Crippen LogP contribution in [0.15, 0.2) is 12.7 Å². The molecule has 0 spiro atoms. The van der Waals surface area contributed by atoms with Gasteiger partial charge in [0.2, 0.25) is 0 Å². The highest BCUT2D eigenvalue weighted by Gasteiger charge is 2.21. The maximum atomic E-state index is 11.7. The maximum Gasteiger partial charge on any atom is 0.407 e. The molecule has 20 heavy (non-hydrogen) atoms. The molecule has 0 saturated heterocycles. The van der Waals surface area contributed by atoms with Crippen LogP contribution in [-0.2, 0) is 19.1 Å². The van der Waals surface area contributed by atoms with Crippen molar-refractivity contribution in [2.75, 3.05) is 7.11 Å². The van der Waals surface area contributed by atoms with Crippen LogP contribution < -0.4 is 5.32 Å². The summed E-state index contributed by atoms with van der Waals surface area (Å²) in [5.41, 5.74) is -0.626. The van der Waals surface area contributed by atoms with E-state index >= 15 is 0 Å². The molecule has 0 unspecified atom stereocenters. The third-order valence-corrected chi connectivity index (χ3v) is 2.32. The summed E-state index contributed by atoms with van der Waals surface area (Å²) < 4.78 is 9.64. The lowest BCUT2D eigenvalue weighted by molar-refractivity contribution is -0.141. The monoisotopic (exact) mass is 285 g/mol. The molecule has 6 heteroatoms. The zero-order valence-electron chi connectivity index (χ0n) is 12.5. The van der Waals surface area contributed by atoms with Crippen molar-refractivity contribution in [3.8, 4) is 0 Å². The number of hydrogen-bond donors (Lipinski definition) is 1. The molecule has 0 rings (SSSR count). The van der Waals surface area contributed by atoms with Crippen LogP contribution in [0, 0.1) is 0 Å². The molecule has 114 valence electrons. The van der Waals surface area contributed by atoms with Crippen LogP contribution in [0.3, 0.4) is 0 Å². The highest BCUT2D eigenvalue weighted by molar-refractivity contribution is 5.89. The lowest BCUT2D eigenvalue weighted by Crippen LogP contribution is -2.40. The Morgan fingerprint density at radius 3 is 2.35 bits per heavy atom. The Balaban J connectivity index is 4.51. The molecule has 0 heterocycles. The fraction of sp³-hybridized carbons (Fsp3) is 0.643. The number of nitrogens with one attached hydrogen (secondary N) is 1. The van der Waals surface area contributed by atoms with E-state index in [2.05, 4.69) is 16.6 Å². The highest BCUT2D eigenvalue weighted by Crippen LogP contribution is 2.09. The van der Waals surface area contributed by atoms with Gasteiger partial charge in [-0.05, 0) is 33.3 Å². The van der Waals surface area contributed by atoms with E-state index < -0.39 is 23.7 Å². The van der Waals surface area contributed by atoms with Crippen LogP contribution >= 0.6 is 0 Å². The Labute approximate surface area is 119 Å². The Morgan fingerprint density at radius 2 is 1.90 bits per heavy atom. The fourth-order valence-corrected chi connectivity index (χ4v) is 1.42. The first-order valence-corrected chi connectivity index (χ1v) is 6.39. The number of carbonyl (C=O) groups excluding carboxylic acids is 3. The minimum absolute atomic E-state index is 0.0692. The standard InChI is InChI=1S/C14H23NO5/c1-6-11(16)9-10(7-8-12(17)19-5)15-13(18)20-14(2,3)4/h6,10H,1,7-9H2,2-5H3,(H,15,18)/t10-/m0/s1. The lowest BCUT2D eigenvalue weighted by Gasteiger charge is -2.23. The molecule has 0 aromatic heterocycles. The number of esters is 1. The maximum absolute atomic E-state index is 11.7. The average molecular weight is 285 g/mol. The molecule has 1 amide bonds. The molecule has 0 aromatic rings. The second-order valence-corrected chi connectivity index (χ2v) is 5.33. The molecule has 0 aliphatic rings. The molecule has 0 aromatic carbocycles. The fourth-order valence-electron chi connectivity index (χ4n) is 1.42. The second kappa shape index (κ2) is 8.35. The van der Waals surface area contributed by atoms with Crippen LogP contribution in [0.25, 0.3) is 0 Å². The van der Waals surface area contributed by atoms with Gasteiger partial charge in [0.25, 0.3) is 0 Å². The van der Waals surface area contributed by atoms with E-state index in [0.29, 0.717) is 6.42 Å². The van der Waals surface area contributed by atoms with Crippen molar-refractivity contribution in [2.24, 2.45) is 0 Å². The van der Waals surface area contributed by atoms with E-state index in [9.17, 15) is 14.4 Å². The molecule has 1 N–H and O–H groups in total. The summed E-state index contributed by atoms with van der Waals surface area (Å²) in [6.07, 6.45) is 1.04. The van der Waals surface area contributed by atoms with Gasteiger partial charge in [-0.3, -0.25) is 9.59 Å².